The van der Waals surface area contributed by atoms with Crippen molar-refractivity contribution in [2.24, 2.45) is 5.73 Å². The number of carboxylic acids is 1. The molecule has 0 aliphatic rings. The largest absolute Gasteiger partial charge is 0.494 e. The molecular formula is C18H29NO5. The first-order chi connectivity index (χ1) is 11.6. The van der Waals surface area contributed by atoms with Gasteiger partial charge in [0.1, 0.15) is 12.4 Å². The van der Waals surface area contributed by atoms with Crippen molar-refractivity contribution in [2.45, 2.75) is 38.6 Å². The Bertz CT molecular complexity index is 464. The van der Waals surface area contributed by atoms with Gasteiger partial charge >= 0.3 is 5.97 Å². The molecule has 0 bridgehead atoms. The topological polar surface area (TPSA) is 91.0 Å². The smallest absolute Gasteiger partial charge is 0.329 e. The quantitative estimate of drug-likeness (QED) is 0.507. The molecule has 0 spiro atoms. The van der Waals surface area contributed by atoms with Crippen LogP contribution in [0, 0.1) is 0 Å². The molecule has 1 unspecified atom stereocenters. The predicted molar refractivity (Wildman–Crippen MR) is 92.3 cm³/mol. The Morgan fingerprint density at radius 3 is 2.54 bits per heavy atom. The summed E-state index contributed by atoms with van der Waals surface area (Å²) in [5, 5.41) is 8.40. The van der Waals surface area contributed by atoms with Crippen LogP contribution in [0.15, 0.2) is 24.3 Å². The van der Waals surface area contributed by atoms with Gasteiger partial charge in [-0.15, -0.1) is 0 Å². The molecule has 0 amide bonds. The molecule has 0 saturated carbocycles. The normalized spacial score (nSPS) is 12.1. The highest BCUT2D eigenvalue weighted by atomic mass is 16.5. The van der Waals surface area contributed by atoms with Crippen molar-refractivity contribution in [1.82, 2.24) is 0 Å². The van der Waals surface area contributed by atoms with E-state index in [1.165, 1.54) is 0 Å². The third kappa shape index (κ3) is 10.2. The minimum absolute atomic E-state index is 0.0141. The Hall–Kier alpha value is -1.63. The van der Waals surface area contributed by atoms with Crippen LogP contribution in [0.2, 0.25) is 0 Å². The first-order valence-corrected chi connectivity index (χ1v) is 8.45. The number of rotatable bonds is 14. The molecule has 0 radical (unpaired) electrons. The molecule has 0 aromatic heterocycles. The number of ether oxygens (including phenoxy) is 3. The second-order valence-corrected chi connectivity index (χ2v) is 5.68. The maximum Gasteiger partial charge on any atom is 0.329 e. The van der Waals surface area contributed by atoms with Crippen LogP contribution in [0.5, 0.6) is 5.75 Å². The third-order valence-corrected chi connectivity index (χ3v) is 3.39. The summed E-state index contributed by atoms with van der Waals surface area (Å²) in [4.78, 5) is 10.2. The number of hydrogen-bond donors (Lipinski definition) is 2. The average molecular weight is 339 g/mol. The third-order valence-electron chi connectivity index (χ3n) is 3.39. The molecule has 0 fully saturated rings. The van der Waals surface area contributed by atoms with Crippen molar-refractivity contribution in [3.8, 4) is 5.75 Å². The molecule has 1 aromatic carbocycles. The lowest BCUT2D eigenvalue weighted by molar-refractivity contribution is -0.142. The minimum atomic E-state index is -0.942. The van der Waals surface area contributed by atoms with Gasteiger partial charge in [0.05, 0.1) is 6.61 Å². The summed E-state index contributed by atoms with van der Waals surface area (Å²) in [6.45, 7) is 4.12. The average Bonchev–Trinajstić information content (AvgIpc) is 2.55. The molecule has 1 rings (SSSR count). The SMILES string of the molecule is CC(N)c1cccc(OCCCCCOCCCOCC(=O)O)c1. The van der Waals surface area contributed by atoms with Gasteiger partial charge in [0.2, 0.25) is 0 Å². The van der Waals surface area contributed by atoms with Crippen LogP contribution in [-0.2, 0) is 14.3 Å². The van der Waals surface area contributed by atoms with E-state index in [9.17, 15) is 4.79 Å². The highest BCUT2D eigenvalue weighted by Gasteiger charge is 2.01. The van der Waals surface area contributed by atoms with Crippen molar-refractivity contribution in [1.29, 1.82) is 0 Å². The van der Waals surface area contributed by atoms with E-state index in [0.29, 0.717) is 32.8 Å². The van der Waals surface area contributed by atoms with E-state index in [0.717, 1.165) is 30.6 Å². The van der Waals surface area contributed by atoms with Gasteiger partial charge < -0.3 is 25.1 Å². The number of aliphatic carboxylic acids is 1. The number of hydrogen-bond acceptors (Lipinski definition) is 5. The lowest BCUT2D eigenvalue weighted by atomic mass is 10.1. The van der Waals surface area contributed by atoms with E-state index < -0.39 is 5.97 Å². The molecular weight excluding hydrogens is 310 g/mol. The van der Waals surface area contributed by atoms with E-state index in [2.05, 4.69) is 0 Å². The molecule has 6 nitrogen and oxygen atoms in total. The summed E-state index contributed by atoms with van der Waals surface area (Å²) in [7, 11) is 0. The summed E-state index contributed by atoms with van der Waals surface area (Å²) < 4.78 is 16.1. The number of nitrogens with two attached hydrogens (primary N) is 1. The van der Waals surface area contributed by atoms with Gasteiger partial charge in [-0.25, -0.2) is 4.79 Å². The Labute approximate surface area is 143 Å². The fourth-order valence-corrected chi connectivity index (χ4v) is 2.09. The second-order valence-electron chi connectivity index (χ2n) is 5.68. The van der Waals surface area contributed by atoms with E-state index in [1.807, 2.05) is 31.2 Å². The van der Waals surface area contributed by atoms with Gasteiger partial charge in [-0.2, -0.15) is 0 Å². The maximum atomic E-state index is 10.2. The zero-order chi connectivity index (χ0) is 17.6. The molecule has 1 atom stereocenters. The molecule has 0 heterocycles. The van der Waals surface area contributed by atoms with Crippen molar-refractivity contribution in [3.05, 3.63) is 29.8 Å². The van der Waals surface area contributed by atoms with Crippen LogP contribution in [0.1, 0.15) is 44.2 Å². The summed E-state index contributed by atoms with van der Waals surface area (Å²) in [6, 6.07) is 7.91. The Balaban J connectivity index is 1.92. The van der Waals surface area contributed by atoms with Crippen LogP contribution < -0.4 is 10.5 Å². The molecule has 0 saturated heterocycles. The molecule has 1 aromatic rings. The Morgan fingerprint density at radius 2 is 1.79 bits per heavy atom. The van der Waals surface area contributed by atoms with Crippen molar-refractivity contribution in [3.63, 3.8) is 0 Å². The maximum absolute atomic E-state index is 10.2. The van der Waals surface area contributed by atoms with Crippen LogP contribution in [0.25, 0.3) is 0 Å². The zero-order valence-electron chi connectivity index (χ0n) is 14.4. The summed E-state index contributed by atoms with van der Waals surface area (Å²) in [6.07, 6.45) is 3.72. The number of unbranched alkanes of at least 4 members (excludes halogenated alkanes) is 2. The predicted octanol–water partition coefficient (Wildman–Crippen LogP) is 2.76. The molecule has 136 valence electrons. The van der Waals surface area contributed by atoms with E-state index in [-0.39, 0.29) is 12.6 Å². The second kappa shape index (κ2) is 12.8. The Morgan fingerprint density at radius 1 is 1.08 bits per heavy atom. The van der Waals surface area contributed by atoms with E-state index in [4.69, 9.17) is 25.1 Å². The summed E-state index contributed by atoms with van der Waals surface area (Å²) >= 11 is 0. The lowest BCUT2D eigenvalue weighted by Gasteiger charge is -2.10. The number of carboxylic acid groups (broad SMARTS) is 1. The number of carbonyl (C=O) groups is 1. The molecule has 6 heteroatoms. The fraction of sp³-hybridized carbons (Fsp3) is 0.611. The van der Waals surface area contributed by atoms with Crippen LogP contribution in [0.3, 0.4) is 0 Å². The summed E-state index contributed by atoms with van der Waals surface area (Å²) in [5.41, 5.74) is 6.93. The molecule has 3 N–H and O–H groups in total. The van der Waals surface area contributed by atoms with Crippen molar-refractivity contribution >= 4 is 5.97 Å². The Kier molecular flexibility index (Phi) is 10.8. The van der Waals surface area contributed by atoms with Crippen molar-refractivity contribution < 1.29 is 24.1 Å². The lowest BCUT2D eigenvalue weighted by Crippen LogP contribution is -2.09. The highest BCUT2D eigenvalue weighted by Crippen LogP contribution is 2.17. The van der Waals surface area contributed by atoms with E-state index >= 15 is 0 Å². The minimum Gasteiger partial charge on any atom is -0.494 e. The van der Waals surface area contributed by atoms with Gasteiger partial charge in [-0.3, -0.25) is 0 Å². The zero-order valence-corrected chi connectivity index (χ0v) is 14.4. The molecule has 24 heavy (non-hydrogen) atoms. The van der Waals surface area contributed by atoms with Crippen LogP contribution in [-0.4, -0.2) is 44.1 Å². The molecule has 0 aliphatic heterocycles. The van der Waals surface area contributed by atoms with Gasteiger partial charge in [-0.05, 0) is 50.3 Å². The van der Waals surface area contributed by atoms with Gasteiger partial charge in [0, 0.05) is 25.9 Å². The van der Waals surface area contributed by atoms with Gasteiger partial charge in [-0.1, -0.05) is 12.1 Å². The standard InChI is InChI=1S/C18H29NO5/c1-15(19)16-7-5-8-17(13-16)24-12-4-2-3-9-22-10-6-11-23-14-18(20)21/h5,7-8,13,15H,2-4,6,9-12,14,19H2,1H3,(H,20,21). The van der Waals surface area contributed by atoms with Gasteiger partial charge in [0.25, 0.3) is 0 Å². The van der Waals surface area contributed by atoms with Crippen LogP contribution in [0.4, 0.5) is 0 Å². The first-order valence-electron chi connectivity index (χ1n) is 8.45. The fourth-order valence-electron chi connectivity index (χ4n) is 2.09. The monoisotopic (exact) mass is 339 g/mol. The summed E-state index contributed by atoms with van der Waals surface area (Å²) in [5.74, 6) is -0.0789. The van der Waals surface area contributed by atoms with Crippen molar-refractivity contribution in [2.75, 3.05) is 33.0 Å². The molecule has 0 aliphatic carbocycles. The van der Waals surface area contributed by atoms with Gasteiger partial charge in [0.15, 0.2) is 0 Å². The van der Waals surface area contributed by atoms with E-state index in [1.54, 1.807) is 0 Å². The van der Waals surface area contributed by atoms with Crippen LogP contribution >= 0.6 is 0 Å². The number of benzene rings is 1. The highest BCUT2D eigenvalue weighted by molar-refractivity contribution is 5.67. The first kappa shape index (κ1) is 20.4.